The van der Waals surface area contributed by atoms with Gasteiger partial charge in [-0.1, -0.05) is 18.3 Å². The zero-order valence-corrected chi connectivity index (χ0v) is 10.1. The molecule has 1 aliphatic rings. The van der Waals surface area contributed by atoms with E-state index in [0.717, 1.165) is 36.5 Å². The molecule has 2 aromatic rings. The Balaban J connectivity index is 1.96. The van der Waals surface area contributed by atoms with E-state index in [9.17, 15) is 0 Å². The fourth-order valence-corrected chi connectivity index (χ4v) is 3.30. The standard InChI is InChI=1S/C10H15N5S/c1-2-8-12-13-10-15(8)14-9(16-10)6-3-4-7(11)5-6/h6-7H,2-5,11H2,1H3. The molecule has 1 fully saturated rings. The maximum absolute atomic E-state index is 5.93. The zero-order valence-electron chi connectivity index (χ0n) is 9.26. The second-order valence-corrected chi connectivity index (χ2v) is 5.36. The van der Waals surface area contributed by atoms with Crippen molar-refractivity contribution in [1.29, 1.82) is 0 Å². The molecule has 0 aromatic carbocycles. The van der Waals surface area contributed by atoms with Gasteiger partial charge in [0.1, 0.15) is 5.01 Å². The van der Waals surface area contributed by atoms with Crippen LogP contribution in [0.3, 0.4) is 0 Å². The molecule has 2 N–H and O–H groups in total. The van der Waals surface area contributed by atoms with Crippen molar-refractivity contribution in [2.24, 2.45) is 5.73 Å². The van der Waals surface area contributed by atoms with Gasteiger partial charge in [0.05, 0.1) is 0 Å². The molecule has 1 aliphatic carbocycles. The Bertz CT molecular complexity index is 502. The molecule has 86 valence electrons. The molecule has 2 unspecified atom stereocenters. The van der Waals surface area contributed by atoms with Gasteiger partial charge in [-0.25, -0.2) is 0 Å². The van der Waals surface area contributed by atoms with Crippen LogP contribution in [-0.4, -0.2) is 25.9 Å². The van der Waals surface area contributed by atoms with Crippen molar-refractivity contribution in [3.63, 3.8) is 0 Å². The SMILES string of the molecule is CCc1nnc2sc(C3CCC(N)C3)nn12. The Labute approximate surface area is 97.7 Å². The summed E-state index contributed by atoms with van der Waals surface area (Å²) in [7, 11) is 0. The van der Waals surface area contributed by atoms with Gasteiger partial charge in [-0.2, -0.15) is 9.61 Å². The van der Waals surface area contributed by atoms with Gasteiger partial charge in [0, 0.05) is 18.4 Å². The molecule has 3 rings (SSSR count). The number of rotatable bonds is 2. The van der Waals surface area contributed by atoms with Crippen molar-refractivity contribution >= 4 is 16.3 Å². The number of nitrogens with two attached hydrogens (primary N) is 1. The van der Waals surface area contributed by atoms with Crippen LogP contribution in [0.1, 0.15) is 42.9 Å². The first-order chi connectivity index (χ1) is 7.78. The van der Waals surface area contributed by atoms with Crippen LogP contribution in [0.2, 0.25) is 0 Å². The average molecular weight is 237 g/mol. The van der Waals surface area contributed by atoms with Crippen molar-refractivity contribution in [2.45, 2.75) is 44.6 Å². The molecule has 5 nitrogen and oxygen atoms in total. The van der Waals surface area contributed by atoms with Gasteiger partial charge >= 0.3 is 0 Å². The third kappa shape index (κ3) is 1.53. The minimum absolute atomic E-state index is 0.352. The second kappa shape index (κ2) is 3.78. The average Bonchev–Trinajstić information content (AvgIpc) is 2.90. The number of aryl methyl sites for hydroxylation is 1. The Morgan fingerprint density at radius 2 is 2.31 bits per heavy atom. The topological polar surface area (TPSA) is 69.1 Å². The smallest absolute Gasteiger partial charge is 0.234 e. The Morgan fingerprint density at radius 1 is 1.44 bits per heavy atom. The van der Waals surface area contributed by atoms with Crippen LogP contribution < -0.4 is 5.73 Å². The lowest BCUT2D eigenvalue weighted by Gasteiger charge is -2.03. The maximum atomic E-state index is 5.93. The van der Waals surface area contributed by atoms with Gasteiger partial charge in [0.2, 0.25) is 4.96 Å². The van der Waals surface area contributed by atoms with Crippen LogP contribution in [-0.2, 0) is 6.42 Å². The molecule has 2 atom stereocenters. The first-order valence-electron chi connectivity index (χ1n) is 5.74. The highest BCUT2D eigenvalue weighted by molar-refractivity contribution is 7.16. The summed E-state index contributed by atoms with van der Waals surface area (Å²) in [5.41, 5.74) is 5.93. The third-order valence-corrected chi connectivity index (χ3v) is 4.27. The van der Waals surface area contributed by atoms with E-state index in [2.05, 4.69) is 22.2 Å². The van der Waals surface area contributed by atoms with E-state index >= 15 is 0 Å². The monoisotopic (exact) mass is 237 g/mol. The molecule has 2 aromatic heterocycles. The number of fused-ring (bicyclic) bond motifs is 1. The Kier molecular flexibility index (Phi) is 2.40. The molecule has 2 heterocycles. The molecule has 1 saturated carbocycles. The molecular weight excluding hydrogens is 222 g/mol. The first kappa shape index (κ1) is 10.2. The van der Waals surface area contributed by atoms with E-state index in [1.165, 1.54) is 5.01 Å². The van der Waals surface area contributed by atoms with Gasteiger partial charge in [-0.3, -0.25) is 0 Å². The van der Waals surface area contributed by atoms with E-state index in [1.807, 2.05) is 4.52 Å². The number of aromatic nitrogens is 4. The van der Waals surface area contributed by atoms with Crippen molar-refractivity contribution < 1.29 is 0 Å². The highest BCUT2D eigenvalue weighted by atomic mass is 32.1. The maximum Gasteiger partial charge on any atom is 0.234 e. The predicted molar refractivity (Wildman–Crippen MR) is 62.6 cm³/mol. The molecule has 0 amide bonds. The predicted octanol–water partition coefficient (Wildman–Crippen LogP) is 1.34. The molecule has 0 saturated heterocycles. The largest absolute Gasteiger partial charge is 0.328 e. The van der Waals surface area contributed by atoms with Crippen molar-refractivity contribution in [1.82, 2.24) is 19.8 Å². The Hall–Kier alpha value is -1.01. The summed E-state index contributed by atoms with van der Waals surface area (Å²) in [6, 6.07) is 0.352. The van der Waals surface area contributed by atoms with Gasteiger partial charge < -0.3 is 5.73 Å². The van der Waals surface area contributed by atoms with Crippen molar-refractivity contribution in [2.75, 3.05) is 0 Å². The summed E-state index contributed by atoms with van der Waals surface area (Å²) in [4.78, 5) is 0.910. The highest BCUT2D eigenvalue weighted by Gasteiger charge is 2.26. The minimum Gasteiger partial charge on any atom is -0.328 e. The fourth-order valence-electron chi connectivity index (χ4n) is 2.30. The Morgan fingerprint density at radius 3 is 3.00 bits per heavy atom. The van der Waals surface area contributed by atoms with Gasteiger partial charge in [0.15, 0.2) is 5.82 Å². The highest BCUT2D eigenvalue weighted by Crippen LogP contribution is 2.35. The summed E-state index contributed by atoms with van der Waals surface area (Å²) in [5.74, 6) is 1.48. The summed E-state index contributed by atoms with van der Waals surface area (Å²) in [6.07, 6.45) is 4.21. The van der Waals surface area contributed by atoms with E-state index < -0.39 is 0 Å². The number of nitrogens with zero attached hydrogens (tertiary/aromatic N) is 4. The van der Waals surface area contributed by atoms with E-state index in [-0.39, 0.29) is 0 Å². The van der Waals surface area contributed by atoms with Gasteiger partial charge in [-0.05, 0) is 19.3 Å². The van der Waals surface area contributed by atoms with Crippen LogP contribution in [0.4, 0.5) is 0 Å². The van der Waals surface area contributed by atoms with Gasteiger partial charge in [0.25, 0.3) is 0 Å². The summed E-state index contributed by atoms with van der Waals surface area (Å²) in [5, 5.41) is 14.0. The van der Waals surface area contributed by atoms with Crippen molar-refractivity contribution in [3.05, 3.63) is 10.8 Å². The molecule has 0 bridgehead atoms. The van der Waals surface area contributed by atoms with E-state index in [0.29, 0.717) is 12.0 Å². The second-order valence-electron chi connectivity index (χ2n) is 4.37. The fraction of sp³-hybridized carbons (Fsp3) is 0.700. The summed E-state index contributed by atoms with van der Waals surface area (Å²) < 4.78 is 1.88. The third-order valence-electron chi connectivity index (χ3n) is 3.21. The zero-order chi connectivity index (χ0) is 11.1. The molecule has 0 spiro atoms. The lowest BCUT2D eigenvalue weighted by atomic mass is 10.1. The van der Waals surface area contributed by atoms with Crippen LogP contribution in [0.25, 0.3) is 4.96 Å². The summed E-state index contributed by atoms with van der Waals surface area (Å²) in [6.45, 7) is 2.07. The summed E-state index contributed by atoms with van der Waals surface area (Å²) >= 11 is 1.66. The molecule has 0 aliphatic heterocycles. The number of hydrogen-bond acceptors (Lipinski definition) is 5. The molecule has 16 heavy (non-hydrogen) atoms. The van der Waals surface area contributed by atoms with Crippen LogP contribution in [0.5, 0.6) is 0 Å². The van der Waals surface area contributed by atoms with Crippen molar-refractivity contribution in [3.8, 4) is 0 Å². The number of hydrogen-bond donors (Lipinski definition) is 1. The molecule has 0 radical (unpaired) electrons. The lowest BCUT2D eigenvalue weighted by Crippen LogP contribution is -2.14. The molecular formula is C10H15N5S. The minimum atomic E-state index is 0.352. The quantitative estimate of drug-likeness (QED) is 0.855. The lowest BCUT2D eigenvalue weighted by molar-refractivity contribution is 0.658. The van der Waals surface area contributed by atoms with E-state index in [4.69, 9.17) is 5.73 Å². The van der Waals surface area contributed by atoms with Crippen LogP contribution in [0, 0.1) is 0 Å². The van der Waals surface area contributed by atoms with E-state index in [1.54, 1.807) is 11.3 Å². The van der Waals surface area contributed by atoms with Crippen LogP contribution in [0.15, 0.2) is 0 Å². The van der Waals surface area contributed by atoms with Gasteiger partial charge in [-0.15, -0.1) is 10.2 Å². The van der Waals surface area contributed by atoms with Crippen LogP contribution >= 0.6 is 11.3 Å². The normalized spacial score (nSPS) is 25.6. The molecule has 6 heteroatoms. The first-order valence-corrected chi connectivity index (χ1v) is 6.56.